The van der Waals surface area contributed by atoms with Crippen LogP contribution < -0.4 is 0 Å². The van der Waals surface area contributed by atoms with Crippen LogP contribution in [0.15, 0.2) is 0 Å². The normalized spacial score (nSPS) is 15.2. The number of thioether (sulfide) groups is 1. The maximum absolute atomic E-state index is 13.0. The Kier molecular flexibility index (Phi) is 52.7. The van der Waals surface area contributed by atoms with Gasteiger partial charge in [0.05, 0.1) is 24.4 Å². The molecule has 4 unspecified atom stereocenters. The largest absolute Gasteiger partial charge is 0.464 e. The summed E-state index contributed by atoms with van der Waals surface area (Å²) in [5, 5.41) is 44.2. The molecule has 0 amide bonds. The average molecular weight is 1100 g/mol. The van der Waals surface area contributed by atoms with E-state index in [-0.39, 0.29) is 11.1 Å². The molecule has 11 nitrogen and oxygen atoms in total. The third kappa shape index (κ3) is 47.9. The Morgan fingerprint density at radius 1 is 0.408 bits per heavy atom. The van der Waals surface area contributed by atoms with Crippen LogP contribution in [0.5, 0.6) is 0 Å². The predicted octanol–water partition coefficient (Wildman–Crippen LogP) is 14.1. The van der Waals surface area contributed by atoms with Crippen molar-refractivity contribution >= 4 is 22.8 Å². The third-order valence-corrected chi connectivity index (χ3v) is 16.9. The summed E-state index contributed by atoms with van der Waals surface area (Å²) in [6.07, 6.45) is 43.7. The van der Waals surface area contributed by atoms with E-state index < -0.39 is 24.4 Å². The molecule has 4 N–H and O–H groups in total. The molecule has 0 aromatic rings. The molecule has 452 valence electrons. The summed E-state index contributed by atoms with van der Waals surface area (Å²) in [5.41, 5.74) is 0. The van der Waals surface area contributed by atoms with Gasteiger partial charge in [-0.1, -0.05) is 245 Å². The molecule has 0 radical (unpaired) electrons. The molecule has 4 atom stereocenters. The van der Waals surface area contributed by atoms with Gasteiger partial charge in [0.25, 0.3) is 0 Å². The number of ether oxygens (including phenoxy) is 1. The van der Waals surface area contributed by atoms with E-state index in [1.54, 1.807) is 0 Å². The monoisotopic (exact) mass is 1100 g/mol. The first-order chi connectivity index (χ1) is 37.1. The highest BCUT2D eigenvalue weighted by Crippen LogP contribution is 2.18. The fraction of sp³-hybridized carbons (Fsp3) is 0.969. The SMILES string of the molecule is CCCCCCCCCCC(O)CN(CCCC(=O)OCCN1CCN(CCSC(=O)CCCN(CC(O)CCCCCCCCCC)CC(O)CCCCCCCCCC)CC1)CC(O)CCCCCCCCCC. The van der Waals surface area contributed by atoms with Gasteiger partial charge in [0, 0.05) is 84.0 Å². The molecular weight excluding hydrogens is 969 g/mol. The van der Waals surface area contributed by atoms with Gasteiger partial charge in [0.2, 0.25) is 0 Å². The zero-order valence-electron chi connectivity index (χ0n) is 50.7. The Balaban J connectivity index is 2.41. The van der Waals surface area contributed by atoms with E-state index in [0.717, 1.165) is 122 Å². The Morgan fingerprint density at radius 2 is 0.697 bits per heavy atom. The number of carbonyl (C=O) groups is 2. The molecule has 1 aliphatic heterocycles. The standard InChI is InChI=1S/C64H128N4O7S/c1-5-9-13-17-21-25-29-33-39-59(69)55-67(56-60(70)40-34-30-26-22-18-14-10-6-2)45-37-43-63(73)75-53-51-65-47-49-66(50-48-65)52-54-76-64(74)44-38-46-68(57-61(71)41-35-31-27-23-19-15-11-7-3)58-62(72)42-36-32-28-24-20-16-12-8-4/h59-62,69-72H,5-58H2,1-4H3. The van der Waals surface area contributed by atoms with E-state index in [4.69, 9.17) is 4.74 Å². The predicted molar refractivity (Wildman–Crippen MR) is 326 cm³/mol. The van der Waals surface area contributed by atoms with Crippen LogP contribution >= 0.6 is 11.8 Å². The van der Waals surface area contributed by atoms with E-state index >= 15 is 0 Å². The first kappa shape index (κ1) is 73.2. The molecule has 0 aliphatic carbocycles. The molecule has 12 heteroatoms. The van der Waals surface area contributed by atoms with Crippen molar-refractivity contribution in [1.82, 2.24) is 19.6 Å². The second-order valence-corrected chi connectivity index (χ2v) is 24.7. The van der Waals surface area contributed by atoms with Gasteiger partial charge >= 0.3 is 5.97 Å². The minimum absolute atomic E-state index is 0.176. The molecule has 1 saturated heterocycles. The van der Waals surface area contributed by atoms with Gasteiger partial charge in [0.1, 0.15) is 6.61 Å². The Bertz CT molecular complexity index is 1100. The zero-order chi connectivity index (χ0) is 55.4. The number of aliphatic hydroxyl groups excluding tert-OH is 4. The summed E-state index contributed by atoms with van der Waals surface area (Å²) < 4.78 is 5.70. The van der Waals surface area contributed by atoms with Crippen molar-refractivity contribution in [2.24, 2.45) is 0 Å². The number of nitrogens with zero attached hydrogens (tertiary/aromatic N) is 4. The fourth-order valence-corrected chi connectivity index (χ4v) is 11.8. The van der Waals surface area contributed by atoms with Gasteiger partial charge in [-0.3, -0.25) is 29.2 Å². The molecule has 0 spiro atoms. The Morgan fingerprint density at radius 3 is 1.03 bits per heavy atom. The van der Waals surface area contributed by atoms with Gasteiger partial charge < -0.3 is 25.2 Å². The molecule has 76 heavy (non-hydrogen) atoms. The van der Waals surface area contributed by atoms with Gasteiger partial charge in [-0.05, 0) is 51.6 Å². The molecule has 0 bridgehead atoms. The molecule has 1 aliphatic rings. The number of piperazine rings is 1. The number of rotatable bonds is 58. The second kappa shape index (κ2) is 54.7. The van der Waals surface area contributed by atoms with Crippen molar-refractivity contribution in [3.63, 3.8) is 0 Å². The summed E-state index contributed by atoms with van der Waals surface area (Å²) in [5.74, 6) is 0.605. The summed E-state index contributed by atoms with van der Waals surface area (Å²) in [6, 6.07) is 0. The lowest BCUT2D eigenvalue weighted by Crippen LogP contribution is -2.47. The highest BCUT2D eigenvalue weighted by atomic mass is 32.2. The van der Waals surface area contributed by atoms with Crippen LogP contribution in [0.1, 0.15) is 285 Å². The smallest absolute Gasteiger partial charge is 0.305 e. The lowest BCUT2D eigenvalue weighted by Gasteiger charge is -2.34. The molecule has 1 heterocycles. The quantitative estimate of drug-likeness (QED) is 0.0341. The topological polar surface area (TPSA) is 137 Å². The van der Waals surface area contributed by atoms with Crippen LogP contribution in [0.25, 0.3) is 0 Å². The number of unbranched alkanes of at least 4 members (excludes halogenated alkanes) is 28. The van der Waals surface area contributed by atoms with Crippen LogP contribution in [0.2, 0.25) is 0 Å². The van der Waals surface area contributed by atoms with Crippen LogP contribution in [-0.2, 0) is 14.3 Å². The van der Waals surface area contributed by atoms with E-state index in [2.05, 4.69) is 47.3 Å². The average Bonchev–Trinajstić information content (AvgIpc) is 3.39. The summed E-state index contributed by atoms with van der Waals surface area (Å²) >= 11 is 1.44. The third-order valence-electron chi connectivity index (χ3n) is 16.0. The second-order valence-electron chi connectivity index (χ2n) is 23.5. The Hall–Kier alpha value is -0.830. The summed E-state index contributed by atoms with van der Waals surface area (Å²) in [7, 11) is 0. The number of hydrogen-bond acceptors (Lipinski definition) is 12. The van der Waals surface area contributed by atoms with Gasteiger partial charge in [-0.25, -0.2) is 0 Å². The highest BCUT2D eigenvalue weighted by Gasteiger charge is 2.21. The maximum Gasteiger partial charge on any atom is 0.305 e. The summed E-state index contributed by atoms with van der Waals surface area (Å²) in [6.45, 7) is 18.3. The first-order valence-electron chi connectivity index (χ1n) is 33.0. The van der Waals surface area contributed by atoms with Gasteiger partial charge in [-0.2, -0.15) is 0 Å². The van der Waals surface area contributed by atoms with E-state index in [9.17, 15) is 30.0 Å². The Labute approximate surface area is 475 Å². The van der Waals surface area contributed by atoms with Crippen molar-refractivity contribution < 1.29 is 34.8 Å². The number of carbonyl (C=O) groups excluding carboxylic acids is 2. The van der Waals surface area contributed by atoms with Crippen molar-refractivity contribution in [1.29, 1.82) is 0 Å². The molecule has 0 saturated carbocycles. The number of esters is 1. The molecule has 1 rings (SSSR count). The van der Waals surface area contributed by atoms with Crippen LogP contribution in [0.4, 0.5) is 0 Å². The van der Waals surface area contributed by atoms with Gasteiger partial charge in [-0.15, -0.1) is 0 Å². The lowest BCUT2D eigenvalue weighted by atomic mass is 10.0. The van der Waals surface area contributed by atoms with Crippen molar-refractivity contribution in [3.05, 3.63) is 0 Å². The maximum atomic E-state index is 13.0. The minimum Gasteiger partial charge on any atom is -0.464 e. The highest BCUT2D eigenvalue weighted by molar-refractivity contribution is 8.13. The van der Waals surface area contributed by atoms with Crippen molar-refractivity contribution in [3.8, 4) is 0 Å². The van der Waals surface area contributed by atoms with Crippen LogP contribution in [-0.4, -0.2) is 166 Å². The molecular formula is C64H128N4O7S. The summed E-state index contributed by atoms with van der Waals surface area (Å²) in [4.78, 5) is 35.0. The van der Waals surface area contributed by atoms with Crippen molar-refractivity contribution in [2.75, 3.05) is 90.9 Å². The lowest BCUT2D eigenvalue weighted by molar-refractivity contribution is -0.144. The molecule has 0 aromatic carbocycles. The van der Waals surface area contributed by atoms with Crippen LogP contribution in [0.3, 0.4) is 0 Å². The number of hydrogen-bond donors (Lipinski definition) is 4. The van der Waals surface area contributed by atoms with E-state index in [1.165, 1.54) is 179 Å². The molecule has 0 aromatic heterocycles. The van der Waals surface area contributed by atoms with E-state index in [1.807, 2.05) is 0 Å². The van der Waals surface area contributed by atoms with E-state index in [0.29, 0.717) is 58.6 Å². The van der Waals surface area contributed by atoms with Crippen molar-refractivity contribution in [2.45, 2.75) is 309 Å². The fourth-order valence-electron chi connectivity index (χ4n) is 11.0. The molecule has 1 fully saturated rings. The zero-order valence-corrected chi connectivity index (χ0v) is 51.5. The minimum atomic E-state index is -0.419. The number of aliphatic hydroxyl groups is 4. The first-order valence-corrected chi connectivity index (χ1v) is 34.0. The van der Waals surface area contributed by atoms with Crippen LogP contribution in [0, 0.1) is 0 Å². The van der Waals surface area contributed by atoms with Gasteiger partial charge in [0.15, 0.2) is 5.12 Å².